The second-order valence-electron chi connectivity index (χ2n) is 5.02. The first kappa shape index (κ1) is 15.2. The van der Waals surface area contributed by atoms with Gasteiger partial charge in [-0.2, -0.15) is 0 Å². The molecular weight excluding hydrogens is 276 g/mol. The molecule has 0 aliphatic carbocycles. The lowest BCUT2D eigenvalue weighted by Crippen LogP contribution is -3.12. The normalized spacial score (nSPS) is 16.4. The quantitative estimate of drug-likeness (QED) is 0.528. The first-order chi connectivity index (χ1) is 10.0. The number of carbonyl (C=O) groups excluding carboxylic acids is 1. The maximum absolute atomic E-state index is 11.7. The summed E-state index contributed by atoms with van der Waals surface area (Å²) in [5, 5.41) is 12.4. The Labute approximate surface area is 122 Å². The molecular formula is C13H19N4O4+. The molecule has 1 aromatic rings. The highest BCUT2D eigenvalue weighted by Gasteiger charge is 2.18. The average Bonchev–Trinajstić information content (AvgIpc) is 2.48. The van der Waals surface area contributed by atoms with E-state index in [-0.39, 0.29) is 18.2 Å². The van der Waals surface area contributed by atoms with Crippen LogP contribution in [0, 0.1) is 10.1 Å². The number of hydrogen-bond acceptors (Lipinski definition) is 5. The topological polar surface area (TPSA) is 89.2 Å². The smallest absolute Gasteiger partial charge is 0.272 e. The monoisotopic (exact) mass is 295 g/mol. The van der Waals surface area contributed by atoms with Crippen molar-refractivity contribution in [1.29, 1.82) is 0 Å². The van der Waals surface area contributed by atoms with Crippen LogP contribution in [-0.4, -0.2) is 55.7 Å². The summed E-state index contributed by atoms with van der Waals surface area (Å²) >= 11 is 0. The molecule has 2 rings (SSSR count). The third-order valence-corrected chi connectivity index (χ3v) is 3.32. The molecule has 1 aliphatic heterocycles. The second kappa shape index (κ2) is 7.00. The van der Waals surface area contributed by atoms with Crippen LogP contribution in [0.5, 0.6) is 5.75 Å². The van der Waals surface area contributed by atoms with E-state index >= 15 is 0 Å². The first-order valence-corrected chi connectivity index (χ1v) is 6.77. The lowest BCUT2D eigenvalue weighted by Gasteiger charge is -2.29. The van der Waals surface area contributed by atoms with Gasteiger partial charge in [0.25, 0.3) is 11.6 Å². The third-order valence-electron chi connectivity index (χ3n) is 3.32. The molecule has 0 saturated carbocycles. The number of hydrogen-bond donors (Lipinski definition) is 2. The Morgan fingerprint density at radius 2 is 2.00 bits per heavy atom. The Morgan fingerprint density at radius 1 is 1.38 bits per heavy atom. The van der Waals surface area contributed by atoms with E-state index in [1.165, 1.54) is 29.2 Å². The highest BCUT2D eigenvalue weighted by molar-refractivity contribution is 5.77. The van der Waals surface area contributed by atoms with Crippen molar-refractivity contribution in [3.05, 3.63) is 34.4 Å². The van der Waals surface area contributed by atoms with Crippen molar-refractivity contribution in [2.75, 3.05) is 39.8 Å². The molecule has 0 unspecified atom stereocenters. The molecule has 0 aromatic heterocycles. The van der Waals surface area contributed by atoms with Crippen LogP contribution >= 0.6 is 0 Å². The molecule has 8 nitrogen and oxygen atoms in total. The number of nitrogens with one attached hydrogen (secondary N) is 2. The number of quaternary nitrogens is 1. The highest BCUT2D eigenvalue weighted by Crippen LogP contribution is 2.16. The van der Waals surface area contributed by atoms with E-state index in [2.05, 4.69) is 12.5 Å². The van der Waals surface area contributed by atoms with Crippen LogP contribution in [0.15, 0.2) is 24.3 Å². The summed E-state index contributed by atoms with van der Waals surface area (Å²) in [7, 11) is 2.12. The van der Waals surface area contributed by atoms with Gasteiger partial charge < -0.3 is 9.64 Å². The van der Waals surface area contributed by atoms with Crippen molar-refractivity contribution >= 4 is 11.6 Å². The van der Waals surface area contributed by atoms with Crippen molar-refractivity contribution in [2.45, 2.75) is 0 Å². The summed E-state index contributed by atoms with van der Waals surface area (Å²) in [5.41, 5.74) is 2.78. The van der Waals surface area contributed by atoms with Crippen LogP contribution in [0.3, 0.4) is 0 Å². The van der Waals surface area contributed by atoms with Crippen molar-refractivity contribution < 1.29 is 19.4 Å². The molecule has 1 aromatic carbocycles. The van der Waals surface area contributed by atoms with E-state index in [1.54, 1.807) is 0 Å². The molecule has 8 heteroatoms. The maximum atomic E-state index is 11.7. The Hall–Kier alpha value is -2.19. The summed E-state index contributed by atoms with van der Waals surface area (Å²) < 4.78 is 5.30. The Morgan fingerprint density at radius 3 is 2.57 bits per heavy atom. The van der Waals surface area contributed by atoms with Crippen LogP contribution in [0.25, 0.3) is 0 Å². The number of carbonyl (C=O) groups is 1. The van der Waals surface area contributed by atoms with Gasteiger partial charge in [-0.25, -0.2) is 5.01 Å². The standard InChI is InChI=1S/C13H18N4O4/c1-15-6-8-16(9-7-15)14-13(18)10-21-12-4-2-11(3-5-12)17(19)20/h2-5H,6-10H2,1H3,(H,14,18)/p+1. The number of benzene rings is 1. The Balaban J connectivity index is 1.74. The fourth-order valence-electron chi connectivity index (χ4n) is 2.02. The predicted molar refractivity (Wildman–Crippen MR) is 74.9 cm³/mol. The summed E-state index contributed by atoms with van der Waals surface area (Å²) in [4.78, 5) is 23.2. The molecule has 0 atom stereocenters. The summed E-state index contributed by atoms with van der Waals surface area (Å²) in [5.74, 6) is 0.200. The minimum absolute atomic E-state index is 0.00765. The van der Waals surface area contributed by atoms with Gasteiger partial charge in [0, 0.05) is 12.1 Å². The first-order valence-electron chi connectivity index (χ1n) is 6.77. The van der Waals surface area contributed by atoms with E-state index in [4.69, 9.17) is 4.74 Å². The molecule has 1 aliphatic rings. The van der Waals surface area contributed by atoms with Gasteiger partial charge >= 0.3 is 0 Å². The number of rotatable bonds is 5. The fourth-order valence-corrected chi connectivity index (χ4v) is 2.02. The third kappa shape index (κ3) is 4.69. The SMILES string of the molecule is C[NH+]1CCN(NC(=O)COc2ccc([N+](=O)[O-])cc2)CC1. The highest BCUT2D eigenvalue weighted by atomic mass is 16.6. The molecule has 1 amide bonds. The van der Waals surface area contributed by atoms with Crippen molar-refractivity contribution in [3.63, 3.8) is 0 Å². The van der Waals surface area contributed by atoms with E-state index in [1.807, 2.05) is 5.01 Å². The second-order valence-corrected chi connectivity index (χ2v) is 5.02. The van der Waals surface area contributed by atoms with Crippen molar-refractivity contribution in [2.24, 2.45) is 0 Å². The zero-order valence-electron chi connectivity index (χ0n) is 11.9. The number of nitro benzene ring substituents is 1. The molecule has 0 spiro atoms. The number of likely N-dealkylation sites (N-methyl/N-ethyl adjacent to an activating group) is 1. The van der Waals surface area contributed by atoms with E-state index in [9.17, 15) is 14.9 Å². The minimum atomic E-state index is -0.480. The van der Waals surface area contributed by atoms with E-state index in [0.717, 1.165) is 26.2 Å². The zero-order chi connectivity index (χ0) is 15.2. The number of amides is 1. The zero-order valence-corrected chi connectivity index (χ0v) is 11.9. The van der Waals surface area contributed by atoms with Crippen molar-refractivity contribution in [1.82, 2.24) is 10.4 Å². The summed E-state index contributed by atoms with van der Waals surface area (Å²) in [6, 6.07) is 5.64. The lowest BCUT2D eigenvalue weighted by molar-refractivity contribution is -0.884. The van der Waals surface area contributed by atoms with Gasteiger partial charge in [0.05, 0.1) is 38.2 Å². The molecule has 0 radical (unpaired) electrons. The molecule has 21 heavy (non-hydrogen) atoms. The molecule has 2 N–H and O–H groups in total. The Kier molecular flexibility index (Phi) is 5.07. The fraction of sp³-hybridized carbons (Fsp3) is 0.462. The Bertz CT molecular complexity index is 497. The van der Waals surface area contributed by atoms with Gasteiger partial charge in [-0.05, 0) is 12.1 Å². The maximum Gasteiger partial charge on any atom is 0.272 e. The predicted octanol–water partition coefficient (Wildman–Crippen LogP) is -1.16. The van der Waals surface area contributed by atoms with Gasteiger partial charge in [-0.1, -0.05) is 0 Å². The number of nitro groups is 1. The van der Waals surface area contributed by atoms with Gasteiger partial charge in [-0.15, -0.1) is 0 Å². The van der Waals surface area contributed by atoms with Gasteiger partial charge in [0.1, 0.15) is 5.75 Å². The average molecular weight is 295 g/mol. The number of piperazine rings is 1. The van der Waals surface area contributed by atoms with Gasteiger partial charge in [0.15, 0.2) is 6.61 Å². The minimum Gasteiger partial charge on any atom is -0.484 e. The summed E-state index contributed by atoms with van der Waals surface area (Å²) in [6.45, 7) is 3.49. The van der Waals surface area contributed by atoms with Crippen LogP contribution in [0.4, 0.5) is 5.69 Å². The number of ether oxygens (including phenoxy) is 1. The lowest BCUT2D eigenvalue weighted by atomic mass is 10.3. The van der Waals surface area contributed by atoms with Crippen molar-refractivity contribution in [3.8, 4) is 5.75 Å². The van der Waals surface area contributed by atoms with Gasteiger partial charge in [0.2, 0.25) is 0 Å². The number of non-ortho nitro benzene ring substituents is 1. The molecule has 1 saturated heterocycles. The van der Waals surface area contributed by atoms with Crippen LogP contribution in [-0.2, 0) is 4.79 Å². The molecule has 0 bridgehead atoms. The van der Waals surface area contributed by atoms with Crippen LogP contribution < -0.4 is 15.1 Å². The summed E-state index contributed by atoms with van der Waals surface area (Å²) in [6.07, 6.45) is 0. The van der Waals surface area contributed by atoms with E-state index in [0.29, 0.717) is 5.75 Å². The number of hydrazine groups is 1. The van der Waals surface area contributed by atoms with Crippen LogP contribution in [0.2, 0.25) is 0 Å². The largest absolute Gasteiger partial charge is 0.484 e. The molecule has 114 valence electrons. The molecule has 1 heterocycles. The number of nitrogens with zero attached hydrogens (tertiary/aromatic N) is 2. The van der Waals surface area contributed by atoms with Crippen LogP contribution in [0.1, 0.15) is 0 Å². The van der Waals surface area contributed by atoms with E-state index < -0.39 is 4.92 Å². The van der Waals surface area contributed by atoms with Gasteiger partial charge in [-0.3, -0.25) is 20.3 Å². The molecule has 1 fully saturated rings.